The van der Waals surface area contributed by atoms with Crippen LogP contribution in [0.1, 0.15) is 31.9 Å². The first-order valence-electron chi connectivity index (χ1n) is 14.0. The Morgan fingerprint density at radius 2 is 1.98 bits per heavy atom. The molecule has 4 heterocycles. The highest BCUT2D eigenvalue weighted by Crippen LogP contribution is 2.35. The number of anilines is 1. The van der Waals surface area contributed by atoms with Gasteiger partial charge in [0.1, 0.15) is 12.4 Å². The molecular formula is C29H36FN8O4+. The number of aliphatic imine (C=N–C) groups is 1. The molecule has 0 unspecified atom stereocenters. The summed E-state index contributed by atoms with van der Waals surface area (Å²) in [5, 5.41) is 6.19. The summed E-state index contributed by atoms with van der Waals surface area (Å²) in [5.74, 6) is 0.412. The maximum absolute atomic E-state index is 13.7. The minimum Gasteiger partial charge on any atom is -0.385 e. The number of carbonyl (C=O) groups is 1. The molecule has 12 nitrogen and oxygen atoms in total. The first-order valence-corrected chi connectivity index (χ1v) is 14.0. The van der Waals surface area contributed by atoms with Crippen LogP contribution in [0.15, 0.2) is 41.5 Å². The largest absolute Gasteiger partial charge is 0.385 e. The molecule has 1 amide bonds. The quantitative estimate of drug-likeness (QED) is 0.208. The van der Waals surface area contributed by atoms with E-state index in [9.17, 15) is 9.18 Å². The Morgan fingerprint density at radius 1 is 1.17 bits per heavy atom. The number of imidazole rings is 1. The molecule has 0 aliphatic carbocycles. The minimum absolute atomic E-state index is 0.142. The number of ether oxygens (including phenoxy) is 3. The van der Waals surface area contributed by atoms with E-state index in [0.29, 0.717) is 54.1 Å². The number of rotatable bonds is 13. The zero-order valence-electron chi connectivity index (χ0n) is 23.8. The van der Waals surface area contributed by atoms with Crippen molar-refractivity contribution in [1.29, 1.82) is 0 Å². The molecule has 0 radical (unpaired) electrons. The van der Waals surface area contributed by atoms with Crippen molar-refractivity contribution in [3.05, 3.63) is 48.2 Å². The fourth-order valence-electron chi connectivity index (χ4n) is 4.59. The third-order valence-corrected chi connectivity index (χ3v) is 7.00. The number of aromatic amines is 1. The molecule has 222 valence electrons. The maximum atomic E-state index is 13.7. The van der Waals surface area contributed by atoms with Crippen molar-refractivity contribution < 1.29 is 28.0 Å². The van der Waals surface area contributed by atoms with Gasteiger partial charge in [-0.25, -0.2) is 19.3 Å². The Hall–Kier alpha value is -4.07. The number of benzene rings is 1. The summed E-state index contributed by atoms with van der Waals surface area (Å²) in [5.41, 5.74) is 1.63. The van der Waals surface area contributed by atoms with Gasteiger partial charge in [0.15, 0.2) is 12.0 Å². The van der Waals surface area contributed by atoms with E-state index in [1.165, 1.54) is 12.1 Å². The predicted molar refractivity (Wildman–Crippen MR) is 155 cm³/mol. The summed E-state index contributed by atoms with van der Waals surface area (Å²) in [7, 11) is 1.63. The fraction of sp³-hybridized carbons (Fsp3) is 0.448. The van der Waals surface area contributed by atoms with Crippen LogP contribution in [0, 0.1) is 11.2 Å². The van der Waals surface area contributed by atoms with Crippen LogP contribution in [0.4, 0.5) is 10.3 Å². The van der Waals surface area contributed by atoms with E-state index in [1.807, 2.05) is 12.6 Å². The first kappa shape index (κ1) is 29.4. The second-order valence-corrected chi connectivity index (χ2v) is 10.5. The number of aromatic nitrogens is 4. The normalized spacial score (nSPS) is 20.0. The SMILES string of the molecule is COCCCNC(=O)C1(C)COC(c2nc(-c3ccc(F)cc3)c(-c3ccnc(NCCC[N+]4=CN=CC4)n3)[nH]2)OC1. The van der Waals surface area contributed by atoms with Gasteiger partial charge in [-0.1, -0.05) is 4.99 Å². The van der Waals surface area contributed by atoms with Gasteiger partial charge in [-0.05, 0) is 43.7 Å². The summed E-state index contributed by atoms with van der Waals surface area (Å²) in [6.45, 7) is 5.58. The zero-order valence-corrected chi connectivity index (χ0v) is 23.8. The molecule has 42 heavy (non-hydrogen) atoms. The molecule has 3 N–H and O–H groups in total. The maximum Gasteiger partial charge on any atom is 0.281 e. The number of H-pyrrole nitrogens is 1. The number of amides is 1. The average molecular weight is 580 g/mol. The zero-order chi connectivity index (χ0) is 29.4. The van der Waals surface area contributed by atoms with Gasteiger partial charge < -0.3 is 29.8 Å². The molecule has 13 heteroatoms. The lowest BCUT2D eigenvalue weighted by Crippen LogP contribution is -2.48. The lowest BCUT2D eigenvalue weighted by molar-refractivity contribution is -0.504. The molecule has 2 aromatic heterocycles. The van der Waals surface area contributed by atoms with Crippen LogP contribution in [-0.4, -0.2) is 96.1 Å². The summed E-state index contributed by atoms with van der Waals surface area (Å²) in [6.07, 6.45) is 6.18. The Kier molecular flexibility index (Phi) is 9.62. The average Bonchev–Trinajstić information content (AvgIpc) is 3.69. The summed E-state index contributed by atoms with van der Waals surface area (Å²) in [6, 6.07) is 7.86. The molecule has 0 saturated carbocycles. The van der Waals surface area contributed by atoms with Crippen LogP contribution in [0.25, 0.3) is 22.6 Å². The Morgan fingerprint density at radius 3 is 2.71 bits per heavy atom. The van der Waals surface area contributed by atoms with Gasteiger partial charge in [-0.3, -0.25) is 9.37 Å². The van der Waals surface area contributed by atoms with E-state index in [-0.39, 0.29) is 24.9 Å². The van der Waals surface area contributed by atoms with Gasteiger partial charge in [-0.2, -0.15) is 0 Å². The fourth-order valence-corrected chi connectivity index (χ4v) is 4.59. The molecular weight excluding hydrogens is 543 g/mol. The molecule has 1 fully saturated rings. The Bertz CT molecular complexity index is 1420. The number of hydrogen-bond donors (Lipinski definition) is 3. The van der Waals surface area contributed by atoms with E-state index >= 15 is 0 Å². The molecule has 2 aliphatic heterocycles. The minimum atomic E-state index is -0.841. The van der Waals surface area contributed by atoms with Crippen molar-refractivity contribution in [1.82, 2.24) is 25.3 Å². The summed E-state index contributed by atoms with van der Waals surface area (Å²) in [4.78, 5) is 34.0. The molecule has 3 aromatic rings. The van der Waals surface area contributed by atoms with Crippen molar-refractivity contribution in [3.8, 4) is 22.6 Å². The first-order chi connectivity index (χ1) is 20.4. The van der Waals surface area contributed by atoms with E-state index in [4.69, 9.17) is 24.2 Å². The van der Waals surface area contributed by atoms with Gasteiger partial charge in [0, 0.05) is 45.0 Å². The molecule has 0 bridgehead atoms. The Labute approximate surface area is 243 Å². The second-order valence-electron chi connectivity index (χ2n) is 10.5. The summed E-state index contributed by atoms with van der Waals surface area (Å²) >= 11 is 0. The van der Waals surface area contributed by atoms with Crippen LogP contribution >= 0.6 is 0 Å². The number of carbonyl (C=O) groups excluding carboxylic acids is 1. The van der Waals surface area contributed by atoms with Crippen molar-refractivity contribution >= 4 is 24.4 Å². The standard InChI is InChI=1S/C29H35FN8O4/c1-29(27(39)32-11-4-16-40-2)17-41-26(42-18-29)25-36-23(20-5-7-21(30)8-6-20)24(37-25)22-9-12-34-28(35-22)33-10-3-14-38-15-13-31-19-38/h5-9,12-13,19,26H,3-4,10-11,14-18H2,1-2H3,(H2-,32,33,34,35,36,37,39)/p+1. The number of nitrogens with zero attached hydrogens (tertiary/aromatic N) is 5. The van der Waals surface area contributed by atoms with Crippen LogP contribution in [-0.2, 0) is 19.0 Å². The number of hydrogen-bond acceptors (Lipinski definition) is 9. The highest BCUT2D eigenvalue weighted by atomic mass is 19.1. The lowest BCUT2D eigenvalue weighted by Gasteiger charge is -2.35. The summed E-state index contributed by atoms with van der Waals surface area (Å²) < 4.78 is 32.9. The highest BCUT2D eigenvalue weighted by Gasteiger charge is 2.40. The molecule has 2 aliphatic rings. The molecule has 1 saturated heterocycles. The van der Waals surface area contributed by atoms with Crippen molar-refractivity contribution in [2.45, 2.75) is 26.1 Å². The topological polar surface area (TPSA) is 139 Å². The lowest BCUT2D eigenvalue weighted by atomic mass is 9.91. The monoisotopic (exact) mass is 579 g/mol. The van der Waals surface area contributed by atoms with Crippen molar-refractivity contribution in [2.24, 2.45) is 10.4 Å². The van der Waals surface area contributed by atoms with Gasteiger partial charge in [-0.15, -0.1) is 0 Å². The number of halogens is 1. The van der Waals surface area contributed by atoms with Crippen molar-refractivity contribution in [3.63, 3.8) is 0 Å². The smallest absolute Gasteiger partial charge is 0.281 e. The molecule has 1 aromatic carbocycles. The third-order valence-electron chi connectivity index (χ3n) is 7.00. The van der Waals surface area contributed by atoms with Crippen LogP contribution in [0.3, 0.4) is 0 Å². The van der Waals surface area contributed by atoms with Gasteiger partial charge in [0.2, 0.25) is 18.1 Å². The number of nitrogens with one attached hydrogen (secondary N) is 3. The van der Waals surface area contributed by atoms with E-state index < -0.39 is 11.7 Å². The van der Waals surface area contributed by atoms with Gasteiger partial charge in [0.25, 0.3) is 6.34 Å². The molecule has 0 spiro atoms. The van der Waals surface area contributed by atoms with E-state index in [0.717, 1.165) is 25.9 Å². The van der Waals surface area contributed by atoms with Gasteiger partial charge in [0.05, 0.1) is 42.3 Å². The predicted octanol–water partition coefficient (Wildman–Crippen LogP) is 2.80. The third kappa shape index (κ3) is 7.22. The van der Waals surface area contributed by atoms with Crippen molar-refractivity contribution in [2.75, 3.05) is 58.4 Å². The van der Waals surface area contributed by atoms with Crippen LogP contribution < -0.4 is 10.6 Å². The van der Waals surface area contributed by atoms with Crippen LogP contribution in [0.5, 0.6) is 0 Å². The Balaban J connectivity index is 1.30. The van der Waals surface area contributed by atoms with Gasteiger partial charge >= 0.3 is 0 Å². The second kappa shape index (κ2) is 13.7. The van der Waals surface area contributed by atoms with E-state index in [1.54, 1.807) is 38.4 Å². The highest BCUT2D eigenvalue weighted by molar-refractivity contribution is 5.82. The van der Waals surface area contributed by atoms with Crippen LogP contribution in [0.2, 0.25) is 0 Å². The van der Waals surface area contributed by atoms with E-state index in [2.05, 4.69) is 30.2 Å². The molecule has 0 atom stereocenters. The molecule has 5 rings (SSSR count). The number of methoxy groups -OCH3 is 1.